The van der Waals surface area contributed by atoms with E-state index in [0.29, 0.717) is 6.04 Å². The molecule has 2 aromatic heterocycles. The van der Waals surface area contributed by atoms with Crippen molar-refractivity contribution >= 4 is 22.7 Å². The van der Waals surface area contributed by atoms with Gasteiger partial charge >= 0.3 is 0 Å². The summed E-state index contributed by atoms with van der Waals surface area (Å²) in [4.78, 5) is 5.92. The summed E-state index contributed by atoms with van der Waals surface area (Å²) >= 11 is 3.55. The van der Waals surface area contributed by atoms with E-state index >= 15 is 0 Å². The van der Waals surface area contributed by atoms with E-state index < -0.39 is 0 Å². The number of aromatic nitrogens is 1. The number of rotatable bonds is 4. The molecule has 2 rings (SSSR count). The molecule has 0 saturated heterocycles. The number of thiophene rings is 1. The molecule has 2 aromatic rings. The molecule has 0 radical (unpaired) electrons. The van der Waals surface area contributed by atoms with Gasteiger partial charge in [0.15, 0.2) is 0 Å². The third-order valence-corrected chi connectivity index (χ3v) is 4.54. The normalized spacial score (nSPS) is 12.9. The number of likely N-dealkylation sites (N-methyl/N-ethyl adjacent to an activating group) is 1. The first-order valence-electron chi connectivity index (χ1n) is 5.33. The van der Waals surface area contributed by atoms with E-state index in [1.807, 2.05) is 18.4 Å². The lowest BCUT2D eigenvalue weighted by molar-refractivity contribution is 0.592. The molecule has 1 N–H and O–H groups in total. The molecule has 0 saturated carbocycles. The standard InChI is InChI=1S/C12H16N2S2/c1-8-9(2)16-12(14-8)6-11(13-3)10-4-5-15-7-10/h4-5,7,11,13H,6H2,1-3H3. The Bertz CT molecular complexity index is 426. The van der Waals surface area contributed by atoms with Crippen LogP contribution < -0.4 is 5.32 Å². The molecule has 0 aromatic carbocycles. The van der Waals surface area contributed by atoms with E-state index in [0.717, 1.165) is 6.42 Å². The molecule has 0 bridgehead atoms. The van der Waals surface area contributed by atoms with E-state index in [1.54, 1.807) is 11.3 Å². The molecule has 4 heteroatoms. The minimum atomic E-state index is 0.385. The summed E-state index contributed by atoms with van der Waals surface area (Å²) < 4.78 is 0. The molecular formula is C12H16N2S2. The summed E-state index contributed by atoms with van der Waals surface area (Å²) in [5, 5.41) is 8.90. The molecule has 0 spiro atoms. The van der Waals surface area contributed by atoms with Crippen LogP contribution in [-0.2, 0) is 6.42 Å². The predicted octanol–water partition coefficient (Wildman–Crippen LogP) is 3.32. The molecule has 0 amide bonds. The summed E-state index contributed by atoms with van der Waals surface area (Å²) in [6.45, 7) is 4.21. The van der Waals surface area contributed by atoms with Gasteiger partial charge in [0.05, 0.1) is 10.7 Å². The first-order valence-corrected chi connectivity index (χ1v) is 7.09. The van der Waals surface area contributed by atoms with Crippen LogP contribution in [0, 0.1) is 13.8 Å². The molecular weight excluding hydrogens is 236 g/mol. The summed E-state index contributed by atoms with van der Waals surface area (Å²) in [7, 11) is 2.01. The van der Waals surface area contributed by atoms with Crippen molar-refractivity contribution in [3.05, 3.63) is 38.0 Å². The Morgan fingerprint density at radius 1 is 1.44 bits per heavy atom. The molecule has 2 heterocycles. The second-order valence-corrected chi connectivity index (χ2v) is 5.92. The van der Waals surface area contributed by atoms with Crippen molar-refractivity contribution in [1.82, 2.24) is 10.3 Å². The molecule has 0 aliphatic rings. The van der Waals surface area contributed by atoms with Crippen LogP contribution in [0.1, 0.15) is 27.2 Å². The van der Waals surface area contributed by atoms with E-state index in [-0.39, 0.29) is 0 Å². The van der Waals surface area contributed by atoms with Crippen LogP contribution in [0.25, 0.3) is 0 Å². The van der Waals surface area contributed by atoms with Crippen LogP contribution in [-0.4, -0.2) is 12.0 Å². The fraction of sp³-hybridized carbons (Fsp3) is 0.417. The molecule has 86 valence electrons. The summed E-state index contributed by atoms with van der Waals surface area (Å²) in [6.07, 6.45) is 0.979. The Morgan fingerprint density at radius 2 is 2.25 bits per heavy atom. The lowest BCUT2D eigenvalue weighted by atomic mass is 10.1. The van der Waals surface area contributed by atoms with Crippen molar-refractivity contribution in [2.75, 3.05) is 7.05 Å². The van der Waals surface area contributed by atoms with Crippen LogP contribution in [0.3, 0.4) is 0 Å². The van der Waals surface area contributed by atoms with Crippen molar-refractivity contribution in [3.63, 3.8) is 0 Å². The van der Waals surface area contributed by atoms with Crippen LogP contribution in [0.2, 0.25) is 0 Å². The van der Waals surface area contributed by atoms with Crippen LogP contribution in [0.4, 0.5) is 0 Å². The minimum absolute atomic E-state index is 0.385. The third kappa shape index (κ3) is 2.51. The van der Waals surface area contributed by atoms with E-state index in [2.05, 4.69) is 41.0 Å². The first-order chi connectivity index (χ1) is 7.70. The van der Waals surface area contributed by atoms with Crippen molar-refractivity contribution < 1.29 is 0 Å². The molecule has 0 aliphatic carbocycles. The van der Waals surface area contributed by atoms with Crippen molar-refractivity contribution in [3.8, 4) is 0 Å². The molecule has 1 unspecified atom stereocenters. The fourth-order valence-electron chi connectivity index (χ4n) is 1.66. The lowest BCUT2D eigenvalue weighted by Crippen LogP contribution is -2.18. The molecule has 1 atom stereocenters. The van der Waals surface area contributed by atoms with Crippen LogP contribution in [0.15, 0.2) is 16.8 Å². The van der Waals surface area contributed by atoms with Gasteiger partial charge in [-0.25, -0.2) is 4.98 Å². The monoisotopic (exact) mass is 252 g/mol. The highest BCUT2D eigenvalue weighted by molar-refractivity contribution is 7.11. The van der Waals surface area contributed by atoms with Gasteiger partial charge in [-0.3, -0.25) is 0 Å². The first kappa shape index (κ1) is 11.8. The Kier molecular flexibility index (Phi) is 3.74. The molecule has 16 heavy (non-hydrogen) atoms. The Morgan fingerprint density at radius 3 is 2.75 bits per heavy atom. The number of aryl methyl sites for hydroxylation is 2. The van der Waals surface area contributed by atoms with Gasteiger partial charge in [0.25, 0.3) is 0 Å². The average molecular weight is 252 g/mol. The van der Waals surface area contributed by atoms with Gasteiger partial charge in [0.2, 0.25) is 0 Å². The van der Waals surface area contributed by atoms with E-state index in [4.69, 9.17) is 0 Å². The highest BCUT2D eigenvalue weighted by Crippen LogP contribution is 2.24. The highest BCUT2D eigenvalue weighted by atomic mass is 32.1. The second kappa shape index (κ2) is 5.08. The maximum absolute atomic E-state index is 4.59. The van der Waals surface area contributed by atoms with Crippen molar-refractivity contribution in [2.24, 2.45) is 0 Å². The van der Waals surface area contributed by atoms with Gasteiger partial charge in [0.1, 0.15) is 0 Å². The maximum Gasteiger partial charge on any atom is 0.0949 e. The number of thiazole rings is 1. The number of hydrogen-bond donors (Lipinski definition) is 1. The summed E-state index contributed by atoms with van der Waals surface area (Å²) in [5.41, 5.74) is 2.53. The van der Waals surface area contributed by atoms with Gasteiger partial charge in [-0.2, -0.15) is 11.3 Å². The van der Waals surface area contributed by atoms with E-state index in [1.165, 1.54) is 21.1 Å². The number of nitrogens with zero attached hydrogens (tertiary/aromatic N) is 1. The largest absolute Gasteiger partial charge is 0.313 e. The average Bonchev–Trinajstić information content (AvgIpc) is 2.86. The highest BCUT2D eigenvalue weighted by Gasteiger charge is 2.13. The molecule has 0 fully saturated rings. The third-order valence-electron chi connectivity index (χ3n) is 2.75. The predicted molar refractivity (Wildman–Crippen MR) is 71.4 cm³/mol. The molecule has 0 aliphatic heterocycles. The second-order valence-electron chi connectivity index (χ2n) is 3.85. The summed E-state index contributed by atoms with van der Waals surface area (Å²) in [5.74, 6) is 0. The number of nitrogens with one attached hydrogen (secondary N) is 1. The van der Waals surface area contributed by atoms with Crippen molar-refractivity contribution in [2.45, 2.75) is 26.3 Å². The smallest absolute Gasteiger partial charge is 0.0949 e. The minimum Gasteiger partial charge on any atom is -0.313 e. The van der Waals surface area contributed by atoms with Gasteiger partial charge in [-0.1, -0.05) is 0 Å². The fourth-order valence-corrected chi connectivity index (χ4v) is 3.35. The maximum atomic E-state index is 4.59. The Labute approximate surface area is 104 Å². The molecule has 2 nitrogen and oxygen atoms in total. The SMILES string of the molecule is CNC(Cc1nc(C)c(C)s1)c1ccsc1. The van der Waals surface area contributed by atoms with Crippen molar-refractivity contribution in [1.29, 1.82) is 0 Å². The lowest BCUT2D eigenvalue weighted by Gasteiger charge is -2.12. The quantitative estimate of drug-likeness (QED) is 0.903. The zero-order valence-corrected chi connectivity index (χ0v) is 11.4. The zero-order valence-electron chi connectivity index (χ0n) is 9.78. The zero-order chi connectivity index (χ0) is 11.5. The van der Waals surface area contributed by atoms with Gasteiger partial charge in [-0.15, -0.1) is 11.3 Å². The van der Waals surface area contributed by atoms with E-state index in [9.17, 15) is 0 Å². The Hall–Kier alpha value is -0.710. The van der Waals surface area contributed by atoms with Crippen LogP contribution >= 0.6 is 22.7 Å². The Balaban J connectivity index is 2.13. The van der Waals surface area contributed by atoms with Gasteiger partial charge < -0.3 is 5.32 Å². The summed E-state index contributed by atoms with van der Waals surface area (Å²) in [6, 6.07) is 2.57. The van der Waals surface area contributed by atoms with Crippen LogP contribution in [0.5, 0.6) is 0 Å². The number of hydrogen-bond acceptors (Lipinski definition) is 4. The van der Waals surface area contributed by atoms with Gasteiger partial charge in [-0.05, 0) is 43.3 Å². The topological polar surface area (TPSA) is 24.9 Å². The van der Waals surface area contributed by atoms with Gasteiger partial charge in [0, 0.05) is 17.3 Å².